The Kier molecular flexibility index (Phi) is 5.20. The normalized spacial score (nSPS) is 17.9. The number of nitrogens with one attached hydrogen (secondary N) is 1. The SMILES string of the molecule is CN1CCC(N2C=CC=C(c3ccnc(-c4ncc(-c5ccccc5)[nH]4)c3)C2)CC1. The molecule has 1 N–H and O–H groups in total. The Balaban J connectivity index is 1.35. The first-order valence-electron chi connectivity index (χ1n) is 10.7. The van der Waals surface area contributed by atoms with Crippen LogP contribution >= 0.6 is 0 Å². The van der Waals surface area contributed by atoms with E-state index in [1.54, 1.807) is 0 Å². The number of H-pyrrole nitrogens is 1. The molecule has 1 fully saturated rings. The molecule has 3 aromatic rings. The van der Waals surface area contributed by atoms with Crippen LogP contribution in [0.4, 0.5) is 0 Å². The monoisotopic (exact) mass is 397 g/mol. The molecular weight excluding hydrogens is 370 g/mol. The highest BCUT2D eigenvalue weighted by Gasteiger charge is 2.23. The topological polar surface area (TPSA) is 48.1 Å². The van der Waals surface area contributed by atoms with Crippen LogP contribution in [0.1, 0.15) is 18.4 Å². The Morgan fingerprint density at radius 1 is 1.00 bits per heavy atom. The van der Waals surface area contributed by atoms with E-state index in [9.17, 15) is 0 Å². The summed E-state index contributed by atoms with van der Waals surface area (Å²) >= 11 is 0. The molecule has 1 aromatic carbocycles. The molecule has 5 nitrogen and oxygen atoms in total. The number of hydrogen-bond acceptors (Lipinski definition) is 4. The third-order valence-electron chi connectivity index (χ3n) is 6.12. The second-order valence-corrected chi connectivity index (χ2v) is 8.18. The predicted molar refractivity (Wildman–Crippen MR) is 122 cm³/mol. The maximum absolute atomic E-state index is 4.58. The number of piperidine rings is 1. The average Bonchev–Trinajstić information content (AvgIpc) is 3.31. The lowest BCUT2D eigenvalue weighted by atomic mass is 9.99. The zero-order chi connectivity index (χ0) is 20.3. The van der Waals surface area contributed by atoms with Gasteiger partial charge in [0.2, 0.25) is 0 Å². The summed E-state index contributed by atoms with van der Waals surface area (Å²) in [7, 11) is 2.21. The molecule has 152 valence electrons. The molecule has 2 aliphatic rings. The highest BCUT2D eigenvalue weighted by atomic mass is 15.2. The number of hydrogen-bond donors (Lipinski definition) is 1. The molecular formula is C25H27N5. The number of nitrogens with zero attached hydrogens (tertiary/aromatic N) is 4. The molecule has 2 aromatic heterocycles. The molecule has 0 aliphatic carbocycles. The van der Waals surface area contributed by atoms with E-state index in [1.165, 1.54) is 37.1 Å². The maximum Gasteiger partial charge on any atom is 0.156 e. The number of aromatic amines is 1. The summed E-state index contributed by atoms with van der Waals surface area (Å²) in [6, 6.07) is 15.1. The minimum atomic E-state index is 0.626. The highest BCUT2D eigenvalue weighted by Crippen LogP contribution is 2.27. The van der Waals surface area contributed by atoms with E-state index in [2.05, 4.69) is 74.4 Å². The van der Waals surface area contributed by atoms with E-state index in [1.807, 2.05) is 30.6 Å². The number of imidazole rings is 1. The zero-order valence-electron chi connectivity index (χ0n) is 17.3. The minimum Gasteiger partial charge on any atom is -0.370 e. The fourth-order valence-electron chi connectivity index (χ4n) is 4.31. The van der Waals surface area contributed by atoms with Gasteiger partial charge in [0.15, 0.2) is 5.82 Å². The first kappa shape index (κ1) is 18.8. The van der Waals surface area contributed by atoms with Gasteiger partial charge in [-0.3, -0.25) is 4.98 Å². The maximum atomic E-state index is 4.58. The second-order valence-electron chi connectivity index (χ2n) is 8.18. The van der Waals surface area contributed by atoms with Crippen molar-refractivity contribution in [3.05, 3.63) is 78.8 Å². The largest absolute Gasteiger partial charge is 0.370 e. The van der Waals surface area contributed by atoms with Gasteiger partial charge in [0.25, 0.3) is 0 Å². The van der Waals surface area contributed by atoms with Crippen LogP contribution in [0.15, 0.2) is 73.2 Å². The Hall–Kier alpha value is -3.18. The van der Waals surface area contributed by atoms with E-state index < -0.39 is 0 Å². The Bertz CT molecular complexity index is 1060. The molecule has 0 unspecified atom stereocenters. The zero-order valence-corrected chi connectivity index (χ0v) is 17.3. The lowest BCUT2D eigenvalue weighted by Gasteiger charge is -2.38. The van der Waals surface area contributed by atoms with Crippen molar-refractivity contribution in [3.8, 4) is 22.8 Å². The first-order chi connectivity index (χ1) is 14.8. The quantitative estimate of drug-likeness (QED) is 0.707. The van der Waals surface area contributed by atoms with E-state index in [0.717, 1.165) is 29.3 Å². The minimum absolute atomic E-state index is 0.626. The van der Waals surface area contributed by atoms with Crippen molar-refractivity contribution in [1.29, 1.82) is 0 Å². The smallest absolute Gasteiger partial charge is 0.156 e. The van der Waals surface area contributed by atoms with Gasteiger partial charge in [-0.25, -0.2) is 4.98 Å². The van der Waals surface area contributed by atoms with Gasteiger partial charge in [-0.15, -0.1) is 0 Å². The van der Waals surface area contributed by atoms with Gasteiger partial charge in [-0.2, -0.15) is 0 Å². The van der Waals surface area contributed by atoms with Crippen LogP contribution in [-0.4, -0.2) is 57.5 Å². The van der Waals surface area contributed by atoms with Crippen LogP contribution in [0.5, 0.6) is 0 Å². The van der Waals surface area contributed by atoms with Crippen LogP contribution in [0.3, 0.4) is 0 Å². The van der Waals surface area contributed by atoms with Crippen molar-refractivity contribution in [1.82, 2.24) is 24.8 Å². The molecule has 4 heterocycles. The standard InChI is InChI=1S/C25H27N5/c1-29-14-10-22(11-15-29)30-13-5-8-21(18-30)20-9-12-26-23(16-20)25-27-17-24(28-25)19-6-3-2-4-7-19/h2-9,12-13,16-17,22H,10-11,14-15,18H2,1H3,(H,27,28). The van der Waals surface area contributed by atoms with Crippen LogP contribution in [0, 0.1) is 0 Å². The van der Waals surface area contributed by atoms with Gasteiger partial charge in [-0.1, -0.05) is 36.4 Å². The molecule has 0 bridgehead atoms. The molecule has 0 atom stereocenters. The molecule has 0 radical (unpaired) electrons. The fraction of sp³-hybridized carbons (Fsp3) is 0.280. The summed E-state index contributed by atoms with van der Waals surface area (Å²) in [4.78, 5) is 17.5. The van der Waals surface area contributed by atoms with Gasteiger partial charge in [0, 0.05) is 18.8 Å². The Labute approximate surface area is 177 Å². The van der Waals surface area contributed by atoms with Gasteiger partial charge < -0.3 is 14.8 Å². The van der Waals surface area contributed by atoms with Crippen molar-refractivity contribution >= 4 is 5.57 Å². The molecule has 5 heteroatoms. The van der Waals surface area contributed by atoms with Crippen molar-refractivity contribution in [2.24, 2.45) is 0 Å². The van der Waals surface area contributed by atoms with Gasteiger partial charge in [0.1, 0.15) is 5.69 Å². The Morgan fingerprint density at radius 2 is 1.83 bits per heavy atom. The number of benzene rings is 1. The number of rotatable bonds is 4. The van der Waals surface area contributed by atoms with Crippen LogP contribution in [0.25, 0.3) is 28.3 Å². The molecule has 0 spiro atoms. The third-order valence-corrected chi connectivity index (χ3v) is 6.12. The summed E-state index contributed by atoms with van der Waals surface area (Å²) in [5.74, 6) is 0.801. The van der Waals surface area contributed by atoms with Crippen molar-refractivity contribution in [2.45, 2.75) is 18.9 Å². The number of allylic oxidation sites excluding steroid dienone is 2. The number of likely N-dealkylation sites (tertiary alicyclic amines) is 1. The summed E-state index contributed by atoms with van der Waals surface area (Å²) in [6.07, 6.45) is 12.9. The summed E-state index contributed by atoms with van der Waals surface area (Å²) < 4.78 is 0. The third kappa shape index (κ3) is 3.94. The first-order valence-corrected chi connectivity index (χ1v) is 10.7. The fourth-order valence-corrected chi connectivity index (χ4v) is 4.31. The highest BCUT2D eigenvalue weighted by molar-refractivity contribution is 5.72. The van der Waals surface area contributed by atoms with E-state index in [4.69, 9.17) is 0 Å². The molecule has 5 rings (SSSR count). The van der Waals surface area contributed by atoms with E-state index >= 15 is 0 Å². The molecule has 1 saturated heterocycles. The summed E-state index contributed by atoms with van der Waals surface area (Å²) in [5, 5.41) is 0. The molecule has 30 heavy (non-hydrogen) atoms. The average molecular weight is 398 g/mol. The second kappa shape index (κ2) is 8.28. The lowest BCUT2D eigenvalue weighted by Crippen LogP contribution is -2.42. The van der Waals surface area contributed by atoms with Crippen LogP contribution < -0.4 is 0 Å². The summed E-state index contributed by atoms with van der Waals surface area (Å²) in [5.41, 5.74) is 5.54. The summed E-state index contributed by atoms with van der Waals surface area (Å²) in [6.45, 7) is 3.30. The van der Waals surface area contributed by atoms with Gasteiger partial charge in [0.05, 0.1) is 11.9 Å². The van der Waals surface area contributed by atoms with E-state index in [0.29, 0.717) is 6.04 Å². The van der Waals surface area contributed by atoms with Crippen molar-refractivity contribution < 1.29 is 0 Å². The van der Waals surface area contributed by atoms with Crippen LogP contribution in [0.2, 0.25) is 0 Å². The predicted octanol–water partition coefficient (Wildman–Crippen LogP) is 4.45. The molecule has 0 amide bonds. The van der Waals surface area contributed by atoms with E-state index in [-0.39, 0.29) is 0 Å². The van der Waals surface area contributed by atoms with Crippen molar-refractivity contribution in [3.63, 3.8) is 0 Å². The molecule has 2 aliphatic heterocycles. The number of pyridine rings is 1. The van der Waals surface area contributed by atoms with Crippen molar-refractivity contribution in [2.75, 3.05) is 26.7 Å². The molecule has 0 saturated carbocycles. The van der Waals surface area contributed by atoms with Crippen LogP contribution in [-0.2, 0) is 0 Å². The van der Waals surface area contributed by atoms with Gasteiger partial charge >= 0.3 is 0 Å². The van der Waals surface area contributed by atoms with Gasteiger partial charge in [-0.05, 0) is 74.1 Å². The Morgan fingerprint density at radius 3 is 2.67 bits per heavy atom. The lowest BCUT2D eigenvalue weighted by molar-refractivity contribution is 0.170. The number of aromatic nitrogens is 3.